The van der Waals surface area contributed by atoms with E-state index in [2.05, 4.69) is 0 Å². The van der Waals surface area contributed by atoms with Crippen LogP contribution in [0, 0.1) is 0 Å². The molecule has 0 aromatic heterocycles. The molecule has 0 radical (unpaired) electrons. The third-order valence-electron chi connectivity index (χ3n) is 1.93. The molecular formula is C7H3F10NaO4S2. The zero-order valence-corrected chi connectivity index (χ0v) is 11.6. The summed E-state index contributed by atoms with van der Waals surface area (Å²) < 4.78 is 166. The third-order valence-corrected chi connectivity index (χ3v) is 6.34. The van der Waals surface area contributed by atoms with Gasteiger partial charge in [-0.25, -0.2) is 16.8 Å². The molecule has 0 rings (SSSR count). The first-order chi connectivity index (χ1) is 9.92. The van der Waals surface area contributed by atoms with E-state index in [1.165, 1.54) is 0 Å². The molecule has 0 heterocycles. The molecule has 0 saturated heterocycles. The molecule has 0 aliphatic heterocycles. The minimum atomic E-state index is -6.95. The van der Waals surface area contributed by atoms with Crippen molar-refractivity contribution < 1.29 is 60.7 Å². The second-order valence-electron chi connectivity index (χ2n) is 3.53. The van der Waals surface area contributed by atoms with Gasteiger partial charge in [0.15, 0.2) is 5.08 Å². The van der Waals surface area contributed by atoms with Crippen LogP contribution in [0.3, 0.4) is 0 Å². The first-order valence-electron chi connectivity index (χ1n) is 4.54. The molecule has 24 heavy (non-hydrogen) atoms. The Morgan fingerprint density at radius 2 is 0.833 bits per heavy atom. The van der Waals surface area contributed by atoms with Gasteiger partial charge in [-0.2, -0.15) is 43.9 Å². The van der Waals surface area contributed by atoms with Gasteiger partial charge in [0.2, 0.25) is 31.3 Å². The summed E-state index contributed by atoms with van der Waals surface area (Å²) in [7, 11) is -13.9. The quantitative estimate of drug-likeness (QED) is 0.482. The molecule has 4 nitrogen and oxygen atoms in total. The third kappa shape index (κ3) is 4.86. The Morgan fingerprint density at radius 3 is 1.00 bits per heavy atom. The second kappa shape index (κ2) is 7.92. The van der Waals surface area contributed by atoms with Gasteiger partial charge >= 0.3 is 52.2 Å². The number of alkyl halides is 4. The summed E-state index contributed by atoms with van der Waals surface area (Å²) in [6, 6.07) is 0. The van der Waals surface area contributed by atoms with E-state index in [4.69, 9.17) is 0 Å². The fraction of sp³-hybridized carbons (Fsp3) is 0.429. The van der Waals surface area contributed by atoms with Gasteiger partial charge in [-0.1, -0.05) is 0 Å². The molecule has 0 N–H and O–H groups in total. The monoisotopic (exact) mass is 428 g/mol. The summed E-state index contributed by atoms with van der Waals surface area (Å²) >= 11 is 0. The van der Waals surface area contributed by atoms with Crippen molar-refractivity contribution in [1.82, 2.24) is 0 Å². The average molecular weight is 428 g/mol. The second-order valence-corrected chi connectivity index (χ2v) is 7.96. The zero-order valence-electron chi connectivity index (χ0n) is 9.94. The molecule has 0 fully saturated rings. The van der Waals surface area contributed by atoms with Gasteiger partial charge in [-0.3, -0.25) is 0 Å². The number of hydrogen-bond acceptors (Lipinski definition) is 4. The summed E-state index contributed by atoms with van der Waals surface area (Å²) in [5.74, 6) is -7.94. The molecule has 0 aliphatic carbocycles. The van der Waals surface area contributed by atoms with Gasteiger partial charge in [0.1, 0.15) is 0 Å². The molecule has 0 aromatic carbocycles. The number of halogens is 10. The van der Waals surface area contributed by atoms with Crippen LogP contribution in [0.15, 0.2) is 23.8 Å². The Balaban J connectivity index is 0. The van der Waals surface area contributed by atoms with Gasteiger partial charge in [0.05, 0.1) is 0 Å². The minimum absolute atomic E-state index is 0. The van der Waals surface area contributed by atoms with E-state index < -0.39 is 59.1 Å². The number of hydrogen-bond donors (Lipinski definition) is 0. The summed E-state index contributed by atoms with van der Waals surface area (Å²) in [5, 5.41) is -16.0. The van der Waals surface area contributed by atoms with Crippen LogP contribution < -0.4 is 0 Å². The van der Waals surface area contributed by atoms with E-state index in [-0.39, 0.29) is 29.6 Å². The molecule has 0 amide bonds. The zero-order chi connectivity index (χ0) is 19.0. The number of rotatable bonds is 6. The molecule has 0 bridgehead atoms. The van der Waals surface area contributed by atoms with Crippen LogP contribution in [-0.4, -0.2) is 62.0 Å². The molecular weight excluding hydrogens is 425 g/mol. The Bertz CT molecular complexity index is 682. The van der Waals surface area contributed by atoms with Crippen LogP contribution in [0.2, 0.25) is 0 Å². The van der Waals surface area contributed by atoms with Crippen molar-refractivity contribution in [3.05, 3.63) is 23.8 Å². The van der Waals surface area contributed by atoms with Gasteiger partial charge in [0, 0.05) is 0 Å². The van der Waals surface area contributed by atoms with Gasteiger partial charge < -0.3 is 0 Å². The summed E-state index contributed by atoms with van der Waals surface area (Å²) in [4.78, 5) is 0. The molecule has 0 aliphatic rings. The Morgan fingerprint density at radius 1 is 0.625 bits per heavy atom. The van der Waals surface area contributed by atoms with E-state index in [0.29, 0.717) is 0 Å². The van der Waals surface area contributed by atoms with Crippen molar-refractivity contribution in [2.75, 3.05) is 5.08 Å². The molecule has 138 valence electrons. The summed E-state index contributed by atoms with van der Waals surface area (Å²) in [6.07, 6.45) is -7.83. The Labute approximate surface area is 149 Å². The SMILES string of the molecule is O=S(=O)(CS(=O)(=O)C(F)(F)C(F)=C(F)F)C(F)(F)C(F)=C(F)F.[NaH]. The van der Waals surface area contributed by atoms with Gasteiger partial charge in [-0.05, 0) is 0 Å². The topological polar surface area (TPSA) is 68.3 Å². The van der Waals surface area contributed by atoms with Crippen molar-refractivity contribution in [2.24, 2.45) is 0 Å². The predicted molar refractivity (Wildman–Crippen MR) is 60.4 cm³/mol. The standard InChI is InChI=1S/C7H2F10O4S2.Na.H/c8-2(4(10)11)6(14,15)22(18,19)1-23(20,21)7(16,17)3(9)5(12)13;;/h1H2;;. The van der Waals surface area contributed by atoms with Crippen LogP contribution in [0.1, 0.15) is 0 Å². The van der Waals surface area contributed by atoms with Gasteiger partial charge in [0.25, 0.3) is 0 Å². The van der Waals surface area contributed by atoms with E-state index in [1.807, 2.05) is 0 Å². The molecule has 0 unspecified atom stereocenters. The van der Waals surface area contributed by atoms with Crippen molar-refractivity contribution in [3.63, 3.8) is 0 Å². The Hall–Kier alpha value is -0.320. The fourth-order valence-corrected chi connectivity index (χ4v) is 4.36. The van der Waals surface area contributed by atoms with Crippen molar-refractivity contribution >= 4 is 49.2 Å². The number of sulfone groups is 2. The maximum absolute atomic E-state index is 12.9. The van der Waals surface area contributed by atoms with Crippen LogP contribution in [0.25, 0.3) is 0 Å². The predicted octanol–water partition coefficient (Wildman–Crippen LogP) is 2.47. The van der Waals surface area contributed by atoms with Crippen LogP contribution in [-0.2, 0) is 19.7 Å². The van der Waals surface area contributed by atoms with E-state index in [0.717, 1.165) is 0 Å². The maximum atomic E-state index is 12.9. The molecule has 0 saturated carbocycles. The van der Waals surface area contributed by atoms with E-state index >= 15 is 0 Å². The van der Waals surface area contributed by atoms with Crippen LogP contribution in [0.5, 0.6) is 0 Å². The van der Waals surface area contributed by atoms with Crippen molar-refractivity contribution in [3.8, 4) is 0 Å². The van der Waals surface area contributed by atoms with Gasteiger partial charge in [-0.15, -0.1) is 0 Å². The van der Waals surface area contributed by atoms with Crippen molar-refractivity contribution in [2.45, 2.75) is 10.5 Å². The fourth-order valence-electron chi connectivity index (χ4n) is 0.845. The first-order valence-corrected chi connectivity index (χ1v) is 7.85. The molecule has 0 spiro atoms. The first kappa shape index (κ1) is 25.9. The van der Waals surface area contributed by atoms with Crippen LogP contribution in [0.4, 0.5) is 43.9 Å². The summed E-state index contributed by atoms with van der Waals surface area (Å²) in [6.45, 7) is 0. The van der Waals surface area contributed by atoms with E-state index in [9.17, 15) is 60.7 Å². The van der Waals surface area contributed by atoms with Crippen molar-refractivity contribution in [1.29, 1.82) is 0 Å². The normalized spacial score (nSPS) is 13.1. The van der Waals surface area contributed by atoms with E-state index in [1.54, 1.807) is 0 Å². The molecule has 0 aromatic rings. The Kier molecular flexibility index (Phi) is 8.56. The molecule has 17 heteroatoms. The average Bonchev–Trinajstić information content (AvgIpc) is 2.34. The van der Waals surface area contributed by atoms with Crippen LogP contribution >= 0.6 is 0 Å². The summed E-state index contributed by atoms with van der Waals surface area (Å²) in [5.41, 5.74) is 0. The molecule has 0 atom stereocenters.